The highest BCUT2D eigenvalue weighted by Crippen LogP contribution is 2.37. The highest BCUT2D eigenvalue weighted by molar-refractivity contribution is 5.91. The summed E-state index contributed by atoms with van der Waals surface area (Å²) in [4.78, 5) is 44.0. The largest absolute Gasteiger partial charge is 0.507 e. The van der Waals surface area contributed by atoms with Crippen molar-refractivity contribution in [3.8, 4) is 22.7 Å². The minimum atomic E-state index is -0.929. The first-order chi connectivity index (χ1) is 22.2. The van der Waals surface area contributed by atoms with E-state index in [0.29, 0.717) is 29.8 Å². The van der Waals surface area contributed by atoms with Crippen molar-refractivity contribution < 1.29 is 28.5 Å². The maximum Gasteiger partial charge on any atom is 0.410 e. The predicted octanol–water partition coefficient (Wildman–Crippen LogP) is 5.32. The second-order valence-corrected chi connectivity index (χ2v) is 13.0. The lowest BCUT2D eigenvalue weighted by Crippen LogP contribution is -2.55. The Bertz CT molecular complexity index is 1850. The first-order valence-corrected chi connectivity index (χ1v) is 15.7. The molecule has 0 saturated carbocycles. The minimum Gasteiger partial charge on any atom is -0.507 e. The van der Waals surface area contributed by atoms with E-state index in [-0.39, 0.29) is 55.1 Å². The van der Waals surface area contributed by atoms with Gasteiger partial charge in [-0.2, -0.15) is 4.98 Å². The molecule has 1 fully saturated rings. The van der Waals surface area contributed by atoms with Gasteiger partial charge in [0.15, 0.2) is 11.5 Å². The van der Waals surface area contributed by atoms with E-state index >= 15 is 8.78 Å². The first-order valence-electron chi connectivity index (χ1n) is 15.7. The Hall–Kier alpha value is -4.65. The second-order valence-electron chi connectivity index (χ2n) is 13.0. The van der Waals surface area contributed by atoms with Crippen LogP contribution in [0.2, 0.25) is 0 Å². The number of aliphatic hydroxyl groups excluding tert-OH is 1. The Kier molecular flexibility index (Phi) is 9.48. The molecule has 4 heterocycles. The summed E-state index contributed by atoms with van der Waals surface area (Å²) in [7, 11) is 0. The number of ether oxygens (including phenoxy) is 1. The smallest absolute Gasteiger partial charge is 0.410 e. The molecule has 1 atom stereocenters. The topological polar surface area (TPSA) is 134 Å². The van der Waals surface area contributed by atoms with Crippen molar-refractivity contribution in [3.63, 3.8) is 0 Å². The SMILES string of the molecule is CC(C)c1nccc(CCCO)c1-n1c(=O)nc(N2CCN(C(=O)OC(C)(C)C)C[C@@H]2C)c2cc(F)c(-c3c(O)cccc3F)nc21. The Morgan fingerprint density at radius 3 is 2.51 bits per heavy atom. The fourth-order valence-corrected chi connectivity index (χ4v) is 5.88. The lowest BCUT2D eigenvalue weighted by atomic mass is 10.0. The van der Waals surface area contributed by atoms with Gasteiger partial charge in [-0.25, -0.2) is 27.9 Å². The number of benzene rings is 1. The summed E-state index contributed by atoms with van der Waals surface area (Å²) in [6.45, 7) is 11.7. The van der Waals surface area contributed by atoms with Crippen molar-refractivity contribution >= 4 is 22.9 Å². The number of aromatic hydroxyl groups is 1. The molecule has 0 unspecified atom stereocenters. The second kappa shape index (κ2) is 13.2. The molecule has 3 aromatic heterocycles. The number of nitrogens with zero attached hydrogens (tertiary/aromatic N) is 6. The van der Waals surface area contributed by atoms with Crippen LogP contribution in [0.5, 0.6) is 5.75 Å². The van der Waals surface area contributed by atoms with Gasteiger partial charge in [-0.15, -0.1) is 0 Å². The molecule has 13 heteroatoms. The van der Waals surface area contributed by atoms with Crippen LogP contribution < -0.4 is 10.6 Å². The number of fused-ring (bicyclic) bond motifs is 1. The monoisotopic (exact) mass is 650 g/mol. The molecule has 2 N–H and O–H groups in total. The zero-order valence-corrected chi connectivity index (χ0v) is 27.4. The molecule has 0 bridgehead atoms. The van der Waals surface area contributed by atoms with Crippen LogP contribution >= 0.6 is 0 Å². The summed E-state index contributed by atoms with van der Waals surface area (Å²) in [5, 5.41) is 20.3. The number of halogens is 2. The summed E-state index contributed by atoms with van der Waals surface area (Å²) in [6, 6.07) is 6.14. The Morgan fingerprint density at radius 2 is 1.87 bits per heavy atom. The van der Waals surface area contributed by atoms with E-state index < -0.39 is 46.0 Å². The van der Waals surface area contributed by atoms with E-state index in [4.69, 9.17) is 4.74 Å². The van der Waals surface area contributed by atoms with E-state index in [0.717, 1.165) is 12.1 Å². The first kappa shape index (κ1) is 33.7. The van der Waals surface area contributed by atoms with E-state index in [1.54, 1.807) is 37.9 Å². The average Bonchev–Trinajstić information content (AvgIpc) is 2.99. The summed E-state index contributed by atoms with van der Waals surface area (Å²) < 4.78 is 37.9. The van der Waals surface area contributed by atoms with E-state index in [2.05, 4.69) is 15.0 Å². The maximum atomic E-state index is 16.0. The number of piperazine rings is 1. The fraction of sp³-hybridized carbons (Fsp3) is 0.441. The Balaban J connectivity index is 1.76. The minimum absolute atomic E-state index is 0.0130. The number of phenols is 1. The van der Waals surface area contributed by atoms with Gasteiger partial charge in [0.05, 0.1) is 22.3 Å². The molecule has 0 radical (unpaired) electrons. The molecule has 5 rings (SSSR count). The normalized spacial score (nSPS) is 15.5. The molecular formula is C34H40F2N6O5. The maximum absolute atomic E-state index is 16.0. The summed E-state index contributed by atoms with van der Waals surface area (Å²) >= 11 is 0. The van der Waals surface area contributed by atoms with Crippen LogP contribution in [0.1, 0.15) is 65.1 Å². The lowest BCUT2D eigenvalue weighted by molar-refractivity contribution is 0.0218. The highest BCUT2D eigenvalue weighted by atomic mass is 19.1. The molecule has 11 nitrogen and oxygen atoms in total. The van der Waals surface area contributed by atoms with Gasteiger partial charge >= 0.3 is 11.8 Å². The van der Waals surface area contributed by atoms with Gasteiger partial charge < -0.3 is 24.7 Å². The van der Waals surface area contributed by atoms with E-state index in [1.165, 1.54) is 16.7 Å². The van der Waals surface area contributed by atoms with Gasteiger partial charge in [-0.1, -0.05) is 19.9 Å². The molecule has 1 aliphatic rings. The third-order valence-electron chi connectivity index (χ3n) is 7.99. The van der Waals surface area contributed by atoms with E-state index in [9.17, 15) is 19.8 Å². The number of anilines is 1. The van der Waals surface area contributed by atoms with Crippen molar-refractivity contribution in [3.05, 3.63) is 69.9 Å². The van der Waals surface area contributed by atoms with Crippen LogP contribution in [-0.4, -0.2) is 78.6 Å². The molecule has 0 spiro atoms. The van der Waals surface area contributed by atoms with Crippen LogP contribution in [0, 0.1) is 11.6 Å². The number of pyridine rings is 2. The van der Waals surface area contributed by atoms with Crippen molar-refractivity contribution in [2.45, 2.75) is 71.9 Å². The van der Waals surface area contributed by atoms with Gasteiger partial charge in [0, 0.05) is 38.5 Å². The van der Waals surface area contributed by atoms with Crippen LogP contribution in [-0.2, 0) is 11.2 Å². The molecular weight excluding hydrogens is 610 g/mol. The number of amides is 1. The van der Waals surface area contributed by atoms with Crippen LogP contribution in [0.15, 0.2) is 41.3 Å². The van der Waals surface area contributed by atoms with Crippen molar-refractivity contribution in [2.24, 2.45) is 0 Å². The fourth-order valence-electron chi connectivity index (χ4n) is 5.88. The molecule has 0 aliphatic carbocycles. The van der Waals surface area contributed by atoms with Crippen LogP contribution in [0.4, 0.5) is 19.4 Å². The molecule has 1 aromatic carbocycles. The number of carbonyl (C=O) groups excluding carboxylic acids is 1. The van der Waals surface area contributed by atoms with Gasteiger partial charge in [-0.05, 0) is 76.3 Å². The standard InChI is InChI=1S/C34H40F2N6O5/c1-19(2)27-29(21(9-8-16-43)12-13-37-27)42-31-22(17-24(36)28(38-31)26-23(35)10-7-11-25(26)44)30(39-32(42)45)41-15-14-40(18-20(41)3)33(46)47-34(4,5)6/h7,10-13,17,19-20,43-44H,8-9,14-16,18H2,1-6H3/t20-/m0/s1. The van der Waals surface area contributed by atoms with Crippen molar-refractivity contribution in [1.29, 1.82) is 0 Å². The van der Waals surface area contributed by atoms with Gasteiger partial charge in [0.2, 0.25) is 0 Å². The number of rotatable bonds is 7. The van der Waals surface area contributed by atoms with Gasteiger partial charge in [0.1, 0.15) is 28.7 Å². The number of hydrogen-bond donors (Lipinski definition) is 2. The third-order valence-corrected chi connectivity index (χ3v) is 7.99. The van der Waals surface area contributed by atoms with Crippen molar-refractivity contribution in [2.75, 3.05) is 31.1 Å². The number of phenolic OH excluding ortho intramolecular Hbond substituents is 1. The molecule has 4 aromatic rings. The molecule has 1 amide bonds. The summed E-state index contributed by atoms with van der Waals surface area (Å²) in [5.74, 6) is -2.34. The van der Waals surface area contributed by atoms with Gasteiger partial charge in [-0.3, -0.25) is 4.98 Å². The summed E-state index contributed by atoms with van der Waals surface area (Å²) in [5.41, 5.74) is -0.693. The lowest BCUT2D eigenvalue weighted by Gasteiger charge is -2.41. The average molecular weight is 651 g/mol. The van der Waals surface area contributed by atoms with Crippen LogP contribution in [0.3, 0.4) is 0 Å². The molecule has 47 heavy (non-hydrogen) atoms. The number of hydrogen-bond acceptors (Lipinski definition) is 9. The Morgan fingerprint density at radius 1 is 1.13 bits per heavy atom. The molecule has 250 valence electrons. The zero-order chi connectivity index (χ0) is 34.2. The Labute approximate surface area is 271 Å². The zero-order valence-electron chi connectivity index (χ0n) is 27.4. The third kappa shape index (κ3) is 6.76. The highest BCUT2D eigenvalue weighted by Gasteiger charge is 2.33. The van der Waals surface area contributed by atoms with Crippen LogP contribution in [0.25, 0.3) is 28.0 Å². The number of aromatic nitrogens is 4. The summed E-state index contributed by atoms with van der Waals surface area (Å²) in [6.07, 6.45) is 1.97. The van der Waals surface area contributed by atoms with Gasteiger partial charge in [0.25, 0.3) is 0 Å². The van der Waals surface area contributed by atoms with E-state index in [1.807, 2.05) is 25.7 Å². The number of aryl methyl sites for hydroxylation is 1. The van der Waals surface area contributed by atoms with Crippen molar-refractivity contribution in [1.82, 2.24) is 24.4 Å². The quantitative estimate of drug-likeness (QED) is 0.273. The molecule has 1 saturated heterocycles. The number of carbonyl (C=O) groups is 1. The molecule has 1 aliphatic heterocycles. The predicted molar refractivity (Wildman–Crippen MR) is 174 cm³/mol. The number of aliphatic hydroxyl groups is 1.